The topological polar surface area (TPSA) is 57.6 Å². The van der Waals surface area contributed by atoms with Crippen LogP contribution in [-0.2, 0) is 11.2 Å². The van der Waals surface area contributed by atoms with E-state index < -0.39 is 5.97 Å². The smallest absolute Gasteiger partial charge is 0.335 e. The van der Waals surface area contributed by atoms with Gasteiger partial charge < -0.3 is 10.0 Å². The number of benzene rings is 2. The second kappa shape index (κ2) is 7.77. The van der Waals surface area contributed by atoms with Crippen molar-refractivity contribution in [2.24, 2.45) is 0 Å². The fourth-order valence-corrected chi connectivity index (χ4v) is 2.65. The van der Waals surface area contributed by atoms with Gasteiger partial charge in [-0.2, -0.15) is 0 Å². The van der Waals surface area contributed by atoms with Crippen LogP contribution in [0.1, 0.15) is 46.4 Å². The highest BCUT2D eigenvalue weighted by molar-refractivity contribution is 5.89. The lowest BCUT2D eigenvalue weighted by molar-refractivity contribution is -0.131. The molecule has 0 bridgehead atoms. The van der Waals surface area contributed by atoms with Crippen molar-refractivity contribution in [3.05, 3.63) is 70.8 Å². The van der Waals surface area contributed by atoms with Gasteiger partial charge in [-0.1, -0.05) is 48.0 Å². The maximum atomic E-state index is 12.5. The van der Waals surface area contributed by atoms with Crippen molar-refractivity contribution >= 4 is 11.9 Å². The minimum Gasteiger partial charge on any atom is -0.478 e. The van der Waals surface area contributed by atoms with Crippen LogP contribution in [0.15, 0.2) is 48.5 Å². The van der Waals surface area contributed by atoms with Gasteiger partial charge in [-0.05, 0) is 37.5 Å². The van der Waals surface area contributed by atoms with Gasteiger partial charge in [-0.25, -0.2) is 4.79 Å². The monoisotopic (exact) mass is 325 g/mol. The molecular weight excluding hydrogens is 302 g/mol. The minimum absolute atomic E-state index is 0.00302. The molecule has 0 saturated heterocycles. The molecule has 126 valence electrons. The van der Waals surface area contributed by atoms with Crippen LogP contribution in [0.2, 0.25) is 0 Å². The van der Waals surface area contributed by atoms with Gasteiger partial charge in [0.1, 0.15) is 0 Å². The van der Waals surface area contributed by atoms with E-state index in [1.807, 2.05) is 38.1 Å². The average molecular weight is 325 g/mol. The van der Waals surface area contributed by atoms with Crippen molar-refractivity contribution in [1.82, 2.24) is 4.90 Å². The molecule has 2 aromatic carbocycles. The number of carbonyl (C=O) groups is 2. The van der Waals surface area contributed by atoms with E-state index >= 15 is 0 Å². The Morgan fingerprint density at radius 2 is 1.71 bits per heavy atom. The van der Waals surface area contributed by atoms with Gasteiger partial charge in [0.25, 0.3) is 0 Å². The van der Waals surface area contributed by atoms with Crippen LogP contribution < -0.4 is 0 Å². The summed E-state index contributed by atoms with van der Waals surface area (Å²) in [6.07, 6.45) is 0.712. The predicted molar refractivity (Wildman–Crippen MR) is 94.1 cm³/mol. The van der Waals surface area contributed by atoms with Crippen molar-refractivity contribution in [1.29, 1.82) is 0 Å². The van der Waals surface area contributed by atoms with Crippen LogP contribution >= 0.6 is 0 Å². The summed E-state index contributed by atoms with van der Waals surface area (Å²) in [5.41, 5.74) is 3.22. The highest BCUT2D eigenvalue weighted by atomic mass is 16.4. The molecule has 1 atom stereocenters. The normalized spacial score (nSPS) is 11.8. The van der Waals surface area contributed by atoms with E-state index in [2.05, 4.69) is 0 Å². The van der Waals surface area contributed by atoms with Crippen molar-refractivity contribution in [3.63, 3.8) is 0 Å². The van der Waals surface area contributed by atoms with E-state index in [9.17, 15) is 14.7 Å². The van der Waals surface area contributed by atoms with Gasteiger partial charge in [-0.15, -0.1) is 0 Å². The first-order chi connectivity index (χ1) is 11.4. The maximum Gasteiger partial charge on any atom is 0.335 e. The predicted octanol–water partition coefficient (Wildman–Crippen LogP) is 3.85. The molecular formula is C20H23NO3. The summed E-state index contributed by atoms with van der Waals surface area (Å²) in [4.78, 5) is 25.4. The molecule has 1 unspecified atom stereocenters. The van der Waals surface area contributed by atoms with E-state index in [1.165, 1.54) is 5.56 Å². The Morgan fingerprint density at radius 3 is 2.33 bits per heavy atom. The summed E-state index contributed by atoms with van der Waals surface area (Å²) in [7, 11) is 1.79. The number of hydrogen-bond acceptors (Lipinski definition) is 2. The van der Waals surface area contributed by atoms with Crippen LogP contribution in [0.25, 0.3) is 0 Å². The van der Waals surface area contributed by atoms with Gasteiger partial charge >= 0.3 is 5.97 Å². The Hall–Kier alpha value is -2.62. The fraction of sp³-hybridized carbons (Fsp3) is 0.300. The summed E-state index contributed by atoms with van der Waals surface area (Å²) < 4.78 is 0. The summed E-state index contributed by atoms with van der Waals surface area (Å²) in [5, 5.41) is 9.20. The molecule has 24 heavy (non-hydrogen) atoms. The first-order valence-electron chi connectivity index (χ1n) is 8.03. The molecule has 1 N–H and O–H groups in total. The van der Waals surface area contributed by atoms with Gasteiger partial charge in [0.15, 0.2) is 0 Å². The zero-order valence-corrected chi connectivity index (χ0v) is 14.3. The second-order valence-electron chi connectivity index (χ2n) is 6.05. The molecule has 4 nitrogen and oxygen atoms in total. The van der Waals surface area contributed by atoms with E-state index in [1.54, 1.807) is 36.2 Å². The summed E-state index contributed by atoms with van der Waals surface area (Å²) in [6.45, 7) is 4.02. The van der Waals surface area contributed by atoms with Gasteiger partial charge in [0.05, 0.1) is 11.6 Å². The standard InChI is InChI=1S/C20H23NO3/c1-14-8-10-16(11-9-14)15(2)21(3)19(22)13-12-17-6-4-5-7-18(17)20(23)24/h4-11,15H,12-13H2,1-3H3,(H,23,24). The van der Waals surface area contributed by atoms with Crippen LogP contribution in [0.5, 0.6) is 0 Å². The zero-order chi connectivity index (χ0) is 17.7. The van der Waals surface area contributed by atoms with Crippen molar-refractivity contribution < 1.29 is 14.7 Å². The lowest BCUT2D eigenvalue weighted by Crippen LogP contribution is -2.29. The van der Waals surface area contributed by atoms with Gasteiger partial charge in [0.2, 0.25) is 5.91 Å². The summed E-state index contributed by atoms with van der Waals surface area (Å²) in [6, 6.07) is 14.9. The SMILES string of the molecule is Cc1ccc(C(C)N(C)C(=O)CCc2ccccc2C(=O)O)cc1. The number of aryl methyl sites for hydroxylation is 2. The number of carboxylic acid groups (broad SMARTS) is 1. The van der Waals surface area contributed by atoms with Crippen molar-refractivity contribution in [3.8, 4) is 0 Å². The van der Waals surface area contributed by atoms with Gasteiger partial charge in [-0.3, -0.25) is 4.79 Å². The molecule has 0 aromatic heterocycles. The first kappa shape index (κ1) is 17.7. The second-order valence-corrected chi connectivity index (χ2v) is 6.05. The molecule has 0 radical (unpaired) electrons. The Kier molecular flexibility index (Phi) is 5.74. The summed E-state index contributed by atoms with van der Waals surface area (Å²) >= 11 is 0. The molecule has 0 heterocycles. The van der Waals surface area contributed by atoms with Crippen LogP contribution in [0.4, 0.5) is 0 Å². The Labute approximate surface area is 142 Å². The Bertz CT molecular complexity index is 722. The molecule has 0 aliphatic carbocycles. The molecule has 0 fully saturated rings. The molecule has 0 spiro atoms. The largest absolute Gasteiger partial charge is 0.478 e. The van der Waals surface area contributed by atoms with Crippen LogP contribution in [0, 0.1) is 6.92 Å². The molecule has 1 amide bonds. The van der Waals surface area contributed by atoms with Crippen LogP contribution in [0.3, 0.4) is 0 Å². The molecule has 0 aliphatic rings. The van der Waals surface area contributed by atoms with E-state index in [-0.39, 0.29) is 23.9 Å². The minimum atomic E-state index is -0.959. The number of rotatable bonds is 6. The summed E-state index contributed by atoms with van der Waals surface area (Å²) in [5.74, 6) is -0.956. The molecule has 0 aliphatic heterocycles. The number of amides is 1. The number of hydrogen-bond donors (Lipinski definition) is 1. The lowest BCUT2D eigenvalue weighted by Gasteiger charge is -2.25. The average Bonchev–Trinajstić information content (AvgIpc) is 2.59. The molecule has 4 heteroatoms. The highest BCUT2D eigenvalue weighted by Crippen LogP contribution is 2.20. The van der Waals surface area contributed by atoms with E-state index in [0.717, 1.165) is 5.56 Å². The van der Waals surface area contributed by atoms with Gasteiger partial charge in [0, 0.05) is 13.5 Å². The number of carboxylic acids is 1. The fourth-order valence-electron chi connectivity index (χ4n) is 2.65. The number of nitrogens with zero attached hydrogens (tertiary/aromatic N) is 1. The third-order valence-electron chi connectivity index (χ3n) is 4.39. The van der Waals surface area contributed by atoms with Crippen molar-refractivity contribution in [2.45, 2.75) is 32.7 Å². The Morgan fingerprint density at radius 1 is 1.08 bits per heavy atom. The third-order valence-corrected chi connectivity index (χ3v) is 4.39. The lowest BCUT2D eigenvalue weighted by atomic mass is 10.0. The zero-order valence-electron chi connectivity index (χ0n) is 14.3. The van der Waals surface area contributed by atoms with E-state index in [0.29, 0.717) is 12.0 Å². The number of carbonyl (C=O) groups excluding carboxylic acids is 1. The Balaban J connectivity index is 2.02. The molecule has 2 rings (SSSR count). The molecule has 0 saturated carbocycles. The third kappa shape index (κ3) is 4.22. The highest BCUT2D eigenvalue weighted by Gasteiger charge is 2.18. The van der Waals surface area contributed by atoms with Crippen molar-refractivity contribution in [2.75, 3.05) is 7.05 Å². The van der Waals surface area contributed by atoms with E-state index in [4.69, 9.17) is 0 Å². The van der Waals surface area contributed by atoms with Crippen LogP contribution in [-0.4, -0.2) is 28.9 Å². The maximum absolute atomic E-state index is 12.5. The first-order valence-corrected chi connectivity index (χ1v) is 8.03. The molecule has 2 aromatic rings. The number of aromatic carboxylic acids is 1. The quantitative estimate of drug-likeness (QED) is 0.878.